The van der Waals surface area contributed by atoms with E-state index in [-0.39, 0.29) is 12.5 Å². The Morgan fingerprint density at radius 2 is 1.55 bits per heavy atom. The van der Waals surface area contributed by atoms with Crippen molar-refractivity contribution in [1.29, 1.82) is 0 Å². The van der Waals surface area contributed by atoms with Gasteiger partial charge in [-0.15, -0.1) is 0 Å². The fourth-order valence-electron chi connectivity index (χ4n) is 2.29. The molecule has 0 saturated carbocycles. The largest absolute Gasteiger partial charge is 0.376 e. The highest BCUT2D eigenvalue weighted by Crippen LogP contribution is 2.17. The molecule has 1 amide bonds. The van der Waals surface area contributed by atoms with E-state index in [1.54, 1.807) is 0 Å². The fraction of sp³-hybridized carbons (Fsp3) is 0.278. The lowest BCUT2D eigenvalue weighted by Gasteiger charge is -2.21. The molecule has 116 valence electrons. The molecule has 0 radical (unpaired) electrons. The van der Waals surface area contributed by atoms with Crippen LogP contribution in [0.4, 0.5) is 17.1 Å². The van der Waals surface area contributed by atoms with Crippen molar-refractivity contribution in [3.05, 3.63) is 54.6 Å². The summed E-state index contributed by atoms with van der Waals surface area (Å²) in [5, 5.41) is 5.99. The van der Waals surface area contributed by atoms with Crippen molar-refractivity contribution in [2.45, 2.75) is 13.8 Å². The molecule has 4 nitrogen and oxygen atoms in total. The number of hydrogen-bond donors (Lipinski definition) is 2. The van der Waals surface area contributed by atoms with Crippen LogP contribution in [0.3, 0.4) is 0 Å². The molecule has 2 rings (SSSR count). The van der Waals surface area contributed by atoms with Gasteiger partial charge in [0.05, 0.1) is 6.54 Å². The normalized spacial score (nSPS) is 10.1. The van der Waals surface area contributed by atoms with Gasteiger partial charge >= 0.3 is 0 Å². The Morgan fingerprint density at radius 3 is 2.14 bits per heavy atom. The van der Waals surface area contributed by atoms with Crippen LogP contribution < -0.4 is 15.5 Å². The van der Waals surface area contributed by atoms with Gasteiger partial charge < -0.3 is 15.5 Å². The van der Waals surface area contributed by atoms with Gasteiger partial charge in [0.15, 0.2) is 0 Å². The Morgan fingerprint density at radius 1 is 0.909 bits per heavy atom. The average Bonchev–Trinajstić information content (AvgIpc) is 2.56. The standard InChI is InChI=1S/C18H23N3O/c1-3-21(4-2)17-12-10-16(11-13-17)20-18(22)14-19-15-8-6-5-7-9-15/h5-13,19H,3-4,14H2,1-2H3,(H,20,22). The molecule has 0 bridgehead atoms. The van der Waals surface area contributed by atoms with E-state index in [1.807, 2.05) is 54.6 Å². The molecule has 0 unspecified atom stereocenters. The predicted molar refractivity (Wildman–Crippen MR) is 93.6 cm³/mol. The molecule has 0 atom stereocenters. The van der Waals surface area contributed by atoms with Gasteiger partial charge in [-0.3, -0.25) is 4.79 Å². The van der Waals surface area contributed by atoms with E-state index in [4.69, 9.17) is 0 Å². The number of anilines is 3. The number of nitrogens with zero attached hydrogens (tertiary/aromatic N) is 1. The van der Waals surface area contributed by atoms with Crippen LogP contribution in [0.2, 0.25) is 0 Å². The van der Waals surface area contributed by atoms with Crippen molar-refractivity contribution in [3.63, 3.8) is 0 Å². The minimum atomic E-state index is -0.0561. The molecule has 2 aromatic rings. The second-order valence-corrected chi connectivity index (χ2v) is 4.99. The Labute approximate surface area is 132 Å². The molecule has 0 aliphatic carbocycles. The third-order valence-electron chi connectivity index (χ3n) is 3.51. The van der Waals surface area contributed by atoms with Crippen LogP contribution in [-0.2, 0) is 4.79 Å². The van der Waals surface area contributed by atoms with E-state index in [9.17, 15) is 4.79 Å². The van der Waals surface area contributed by atoms with Crippen LogP contribution in [0.15, 0.2) is 54.6 Å². The zero-order valence-electron chi connectivity index (χ0n) is 13.2. The Balaban J connectivity index is 1.86. The van der Waals surface area contributed by atoms with Gasteiger partial charge in [-0.1, -0.05) is 18.2 Å². The smallest absolute Gasteiger partial charge is 0.243 e. The molecule has 4 heteroatoms. The number of hydrogen-bond acceptors (Lipinski definition) is 3. The summed E-state index contributed by atoms with van der Waals surface area (Å²) in [5.41, 5.74) is 2.93. The summed E-state index contributed by atoms with van der Waals surface area (Å²) in [6, 6.07) is 17.6. The third kappa shape index (κ3) is 4.52. The first-order valence-corrected chi connectivity index (χ1v) is 7.66. The lowest BCUT2D eigenvalue weighted by atomic mass is 10.2. The van der Waals surface area contributed by atoms with Crippen molar-refractivity contribution in [3.8, 4) is 0 Å². The van der Waals surface area contributed by atoms with Crippen LogP contribution in [0, 0.1) is 0 Å². The topological polar surface area (TPSA) is 44.4 Å². The fourth-order valence-corrected chi connectivity index (χ4v) is 2.29. The zero-order valence-corrected chi connectivity index (χ0v) is 13.2. The number of rotatable bonds is 7. The Kier molecular flexibility index (Phi) is 5.83. The number of carbonyl (C=O) groups excluding carboxylic acids is 1. The van der Waals surface area contributed by atoms with Gasteiger partial charge in [-0.2, -0.15) is 0 Å². The van der Waals surface area contributed by atoms with Gasteiger partial charge in [0, 0.05) is 30.2 Å². The van der Waals surface area contributed by atoms with E-state index in [0.717, 1.165) is 24.5 Å². The van der Waals surface area contributed by atoms with E-state index in [1.165, 1.54) is 5.69 Å². The molecule has 22 heavy (non-hydrogen) atoms. The van der Waals surface area contributed by atoms with Crippen LogP contribution in [0.1, 0.15) is 13.8 Å². The molecular weight excluding hydrogens is 274 g/mol. The van der Waals surface area contributed by atoms with Gasteiger partial charge in [-0.25, -0.2) is 0 Å². The van der Waals surface area contributed by atoms with Gasteiger partial charge in [0.1, 0.15) is 0 Å². The summed E-state index contributed by atoms with van der Waals surface area (Å²) >= 11 is 0. The van der Waals surface area contributed by atoms with Gasteiger partial charge in [0.2, 0.25) is 5.91 Å². The number of benzene rings is 2. The first-order chi connectivity index (χ1) is 10.7. The van der Waals surface area contributed by atoms with E-state index >= 15 is 0 Å². The lowest BCUT2D eigenvalue weighted by molar-refractivity contribution is -0.114. The van der Waals surface area contributed by atoms with Gasteiger partial charge in [0.25, 0.3) is 0 Å². The van der Waals surface area contributed by atoms with E-state index in [0.29, 0.717) is 0 Å². The molecule has 0 aliphatic heterocycles. The summed E-state index contributed by atoms with van der Waals surface area (Å²) in [5.74, 6) is -0.0561. The maximum absolute atomic E-state index is 11.9. The predicted octanol–water partition coefficient (Wildman–Crippen LogP) is 3.58. The first kappa shape index (κ1) is 15.9. The Hall–Kier alpha value is -2.49. The van der Waals surface area contributed by atoms with Crippen LogP contribution in [-0.4, -0.2) is 25.5 Å². The summed E-state index contributed by atoms with van der Waals surface area (Å²) in [7, 11) is 0. The van der Waals surface area contributed by atoms with Crippen molar-refractivity contribution >= 4 is 23.0 Å². The molecular formula is C18H23N3O. The Bertz CT molecular complexity index is 577. The molecule has 0 spiro atoms. The van der Waals surface area contributed by atoms with Crippen LogP contribution in [0.25, 0.3) is 0 Å². The summed E-state index contributed by atoms with van der Waals surface area (Å²) in [6.45, 7) is 6.47. The summed E-state index contributed by atoms with van der Waals surface area (Å²) in [4.78, 5) is 14.2. The molecule has 0 aliphatic rings. The van der Waals surface area contributed by atoms with Crippen molar-refractivity contribution < 1.29 is 4.79 Å². The number of nitrogens with one attached hydrogen (secondary N) is 2. The molecule has 2 N–H and O–H groups in total. The molecule has 2 aromatic carbocycles. The molecule has 0 heterocycles. The lowest BCUT2D eigenvalue weighted by Crippen LogP contribution is -2.23. The highest BCUT2D eigenvalue weighted by Gasteiger charge is 2.04. The van der Waals surface area contributed by atoms with E-state index in [2.05, 4.69) is 29.4 Å². The second-order valence-electron chi connectivity index (χ2n) is 4.99. The SMILES string of the molecule is CCN(CC)c1ccc(NC(=O)CNc2ccccc2)cc1. The van der Waals surface area contributed by atoms with Crippen molar-refractivity contribution in [2.24, 2.45) is 0 Å². The quantitative estimate of drug-likeness (QED) is 0.821. The zero-order chi connectivity index (χ0) is 15.8. The molecule has 0 saturated heterocycles. The van der Waals surface area contributed by atoms with E-state index < -0.39 is 0 Å². The molecule has 0 aromatic heterocycles. The van der Waals surface area contributed by atoms with Crippen molar-refractivity contribution in [2.75, 3.05) is 35.2 Å². The van der Waals surface area contributed by atoms with Crippen molar-refractivity contribution in [1.82, 2.24) is 0 Å². The highest BCUT2D eigenvalue weighted by molar-refractivity contribution is 5.93. The maximum atomic E-state index is 11.9. The number of para-hydroxylation sites is 1. The third-order valence-corrected chi connectivity index (χ3v) is 3.51. The highest BCUT2D eigenvalue weighted by atomic mass is 16.1. The maximum Gasteiger partial charge on any atom is 0.243 e. The number of carbonyl (C=O) groups is 1. The van der Waals surface area contributed by atoms with Crippen LogP contribution in [0.5, 0.6) is 0 Å². The second kappa shape index (κ2) is 8.08. The van der Waals surface area contributed by atoms with Gasteiger partial charge in [-0.05, 0) is 50.2 Å². The molecule has 0 fully saturated rings. The number of amides is 1. The average molecular weight is 297 g/mol. The minimum Gasteiger partial charge on any atom is -0.376 e. The minimum absolute atomic E-state index is 0.0561. The summed E-state index contributed by atoms with van der Waals surface area (Å²) < 4.78 is 0. The first-order valence-electron chi connectivity index (χ1n) is 7.66. The van der Waals surface area contributed by atoms with Crippen LogP contribution >= 0.6 is 0 Å². The summed E-state index contributed by atoms with van der Waals surface area (Å²) in [6.07, 6.45) is 0. The monoisotopic (exact) mass is 297 g/mol.